The molecule has 33 heavy (non-hydrogen) atoms. The molecule has 1 saturated carbocycles. The van der Waals surface area contributed by atoms with E-state index >= 15 is 0 Å². The number of carbonyl (C=O) groups is 1. The highest BCUT2D eigenvalue weighted by Gasteiger charge is 2.40. The topological polar surface area (TPSA) is 63.6 Å². The number of amides is 1. The minimum atomic E-state index is -0.141. The van der Waals surface area contributed by atoms with Crippen molar-refractivity contribution < 1.29 is 9.53 Å². The normalized spacial score (nSPS) is 20.6. The first-order valence-corrected chi connectivity index (χ1v) is 12.2. The summed E-state index contributed by atoms with van der Waals surface area (Å²) in [5.74, 6) is 0.159. The zero-order valence-electron chi connectivity index (χ0n) is 20.2. The number of nitrogens with one attached hydrogen (secondary N) is 1. The molecule has 2 aromatic rings. The molecular formula is C27H37N3O3. The first kappa shape index (κ1) is 23.7. The Bertz CT molecular complexity index is 1030. The number of hydrogen-bond donors (Lipinski definition) is 1. The summed E-state index contributed by atoms with van der Waals surface area (Å²) in [6.45, 7) is 5.08. The third-order valence-corrected chi connectivity index (χ3v) is 6.99. The molecular weight excluding hydrogens is 414 g/mol. The van der Waals surface area contributed by atoms with Crippen LogP contribution in [0, 0.1) is 12.8 Å². The van der Waals surface area contributed by atoms with Gasteiger partial charge >= 0.3 is 0 Å². The molecule has 1 aromatic carbocycles. The molecule has 2 heterocycles. The number of pyridine rings is 1. The SMILES string of the molecule is COCCCc1cc(C)cc(CN(C(=O)[C@@H]2CNCC[C@H]2c2ccn(C)c(=O)c2)C2CC2)c1. The lowest BCUT2D eigenvalue weighted by atomic mass is 9.80. The van der Waals surface area contributed by atoms with Crippen LogP contribution >= 0.6 is 0 Å². The highest BCUT2D eigenvalue weighted by molar-refractivity contribution is 5.81. The molecule has 1 saturated heterocycles. The van der Waals surface area contributed by atoms with E-state index in [0.29, 0.717) is 19.1 Å². The van der Waals surface area contributed by atoms with Crippen LogP contribution in [0.4, 0.5) is 0 Å². The van der Waals surface area contributed by atoms with Crippen molar-refractivity contribution in [3.63, 3.8) is 0 Å². The van der Waals surface area contributed by atoms with Crippen LogP contribution in [0.15, 0.2) is 41.3 Å². The molecule has 0 radical (unpaired) electrons. The van der Waals surface area contributed by atoms with Gasteiger partial charge in [0.1, 0.15) is 0 Å². The summed E-state index contributed by atoms with van der Waals surface area (Å²) in [5, 5.41) is 3.42. The molecule has 6 heteroatoms. The average Bonchev–Trinajstić information content (AvgIpc) is 3.64. The minimum absolute atomic E-state index is 0.0166. The molecule has 2 fully saturated rings. The third-order valence-electron chi connectivity index (χ3n) is 6.99. The lowest BCUT2D eigenvalue weighted by Gasteiger charge is -2.36. The number of carbonyl (C=O) groups excluding carboxylic acids is 1. The molecule has 1 aliphatic heterocycles. The number of rotatable bonds is 9. The lowest BCUT2D eigenvalue weighted by molar-refractivity contribution is -0.138. The Labute approximate surface area is 196 Å². The van der Waals surface area contributed by atoms with Crippen LogP contribution in [-0.4, -0.2) is 48.2 Å². The number of hydrogen-bond acceptors (Lipinski definition) is 4. The first-order valence-electron chi connectivity index (χ1n) is 12.2. The van der Waals surface area contributed by atoms with Crippen molar-refractivity contribution in [2.75, 3.05) is 26.8 Å². The second-order valence-corrected chi connectivity index (χ2v) is 9.74. The van der Waals surface area contributed by atoms with Crippen molar-refractivity contribution >= 4 is 5.91 Å². The zero-order chi connectivity index (χ0) is 23.4. The van der Waals surface area contributed by atoms with Gasteiger partial charge in [0.25, 0.3) is 5.56 Å². The predicted octanol–water partition coefficient (Wildman–Crippen LogP) is 3.16. The molecule has 1 aliphatic carbocycles. The summed E-state index contributed by atoms with van der Waals surface area (Å²) < 4.78 is 6.79. The molecule has 0 spiro atoms. The number of nitrogens with zero attached hydrogens (tertiary/aromatic N) is 2. The summed E-state index contributed by atoms with van der Waals surface area (Å²) in [6.07, 6.45) is 6.83. The predicted molar refractivity (Wildman–Crippen MR) is 130 cm³/mol. The lowest BCUT2D eigenvalue weighted by Crippen LogP contribution is -2.47. The number of ether oxygens (including phenoxy) is 1. The van der Waals surface area contributed by atoms with Gasteiger partial charge < -0.3 is 19.5 Å². The molecule has 1 N–H and O–H groups in total. The van der Waals surface area contributed by atoms with Gasteiger partial charge in [0.15, 0.2) is 0 Å². The molecule has 6 nitrogen and oxygen atoms in total. The van der Waals surface area contributed by atoms with Gasteiger partial charge in [-0.1, -0.05) is 23.8 Å². The maximum absolute atomic E-state index is 13.9. The Morgan fingerprint density at radius 3 is 2.70 bits per heavy atom. The quantitative estimate of drug-likeness (QED) is 0.595. The van der Waals surface area contributed by atoms with E-state index in [1.807, 2.05) is 12.3 Å². The highest BCUT2D eigenvalue weighted by Crippen LogP contribution is 2.36. The molecule has 1 aromatic heterocycles. The first-order chi connectivity index (χ1) is 16.0. The number of piperidine rings is 1. The Balaban J connectivity index is 1.54. The van der Waals surface area contributed by atoms with Crippen molar-refractivity contribution in [3.05, 3.63) is 69.1 Å². The number of aryl methyl sites for hydroxylation is 3. The van der Waals surface area contributed by atoms with Gasteiger partial charge in [-0.25, -0.2) is 0 Å². The minimum Gasteiger partial charge on any atom is -0.385 e. The molecule has 2 aliphatic rings. The molecule has 178 valence electrons. The van der Waals surface area contributed by atoms with E-state index in [-0.39, 0.29) is 23.3 Å². The van der Waals surface area contributed by atoms with E-state index in [9.17, 15) is 9.59 Å². The van der Waals surface area contributed by atoms with Crippen molar-refractivity contribution in [1.82, 2.24) is 14.8 Å². The molecule has 0 unspecified atom stereocenters. The summed E-state index contributed by atoms with van der Waals surface area (Å²) >= 11 is 0. The second-order valence-electron chi connectivity index (χ2n) is 9.74. The van der Waals surface area contributed by atoms with Crippen molar-refractivity contribution in [2.24, 2.45) is 13.0 Å². The maximum Gasteiger partial charge on any atom is 0.250 e. The van der Waals surface area contributed by atoms with Gasteiger partial charge in [-0.3, -0.25) is 9.59 Å². The zero-order valence-corrected chi connectivity index (χ0v) is 20.2. The Kier molecular flexibility index (Phi) is 7.66. The fourth-order valence-electron chi connectivity index (χ4n) is 5.10. The Hall–Kier alpha value is -2.44. The van der Waals surface area contributed by atoms with Crippen molar-refractivity contribution in [2.45, 2.75) is 57.5 Å². The Morgan fingerprint density at radius 1 is 1.18 bits per heavy atom. The van der Waals surface area contributed by atoms with E-state index in [1.54, 1.807) is 24.8 Å². The van der Waals surface area contributed by atoms with Crippen molar-refractivity contribution in [3.8, 4) is 0 Å². The fraction of sp³-hybridized carbons (Fsp3) is 0.556. The van der Waals surface area contributed by atoms with E-state index < -0.39 is 0 Å². The van der Waals surface area contributed by atoms with Crippen LogP contribution in [0.25, 0.3) is 0 Å². The number of methoxy groups -OCH3 is 1. The standard InChI is InChI=1S/C27H37N3O3/c1-19-13-20(5-4-12-33-3)15-21(14-19)18-30(23-6-7-23)27(32)25-17-28-10-8-24(25)22-9-11-29(2)26(31)16-22/h9,11,13-16,23-25,28H,4-8,10,12,17-18H2,1-3H3/t24-,25+/m0/s1. The smallest absolute Gasteiger partial charge is 0.250 e. The van der Waals surface area contributed by atoms with Gasteiger partial charge in [-0.15, -0.1) is 0 Å². The number of benzene rings is 1. The van der Waals surface area contributed by atoms with Crippen LogP contribution in [0.2, 0.25) is 0 Å². The van der Waals surface area contributed by atoms with Crippen LogP contribution in [-0.2, 0) is 29.5 Å². The van der Waals surface area contributed by atoms with Crippen LogP contribution in [0.3, 0.4) is 0 Å². The van der Waals surface area contributed by atoms with E-state index in [0.717, 1.165) is 50.8 Å². The highest BCUT2D eigenvalue weighted by atomic mass is 16.5. The largest absolute Gasteiger partial charge is 0.385 e. The summed E-state index contributed by atoms with van der Waals surface area (Å²) in [6, 6.07) is 10.7. The van der Waals surface area contributed by atoms with Gasteiger partial charge in [0.2, 0.25) is 5.91 Å². The Morgan fingerprint density at radius 2 is 1.97 bits per heavy atom. The van der Waals surface area contributed by atoms with Gasteiger partial charge in [0, 0.05) is 52.2 Å². The van der Waals surface area contributed by atoms with E-state index in [2.05, 4.69) is 35.3 Å². The molecule has 2 atom stereocenters. The third kappa shape index (κ3) is 5.92. The van der Waals surface area contributed by atoms with Gasteiger partial charge in [-0.2, -0.15) is 0 Å². The van der Waals surface area contributed by atoms with E-state index in [4.69, 9.17) is 4.74 Å². The molecule has 1 amide bonds. The van der Waals surface area contributed by atoms with Crippen LogP contribution in [0.5, 0.6) is 0 Å². The summed E-state index contributed by atoms with van der Waals surface area (Å²) in [4.78, 5) is 28.3. The molecule has 0 bridgehead atoms. The monoisotopic (exact) mass is 451 g/mol. The maximum atomic E-state index is 13.9. The van der Waals surface area contributed by atoms with Gasteiger partial charge in [-0.05, 0) is 74.2 Å². The average molecular weight is 452 g/mol. The summed E-state index contributed by atoms with van der Waals surface area (Å²) in [7, 11) is 3.50. The summed E-state index contributed by atoms with van der Waals surface area (Å²) in [5.41, 5.74) is 4.72. The fourth-order valence-corrected chi connectivity index (χ4v) is 5.10. The second kappa shape index (κ2) is 10.7. The van der Waals surface area contributed by atoms with Crippen LogP contribution < -0.4 is 10.9 Å². The number of aromatic nitrogens is 1. The molecule has 4 rings (SSSR count). The van der Waals surface area contributed by atoms with Crippen LogP contribution in [0.1, 0.15) is 53.9 Å². The van der Waals surface area contributed by atoms with Gasteiger partial charge in [0.05, 0.1) is 5.92 Å². The van der Waals surface area contributed by atoms with E-state index in [1.165, 1.54) is 16.7 Å². The van der Waals surface area contributed by atoms with Crippen molar-refractivity contribution in [1.29, 1.82) is 0 Å².